The highest BCUT2D eigenvalue weighted by Crippen LogP contribution is 2.40. The number of carbonyl (C=O) groups is 2. The molecule has 0 fully saturated rings. The number of rotatable bonds is 9. The topological polar surface area (TPSA) is 107 Å². The molecule has 0 saturated carbocycles. The average molecular weight is 514 g/mol. The number of anilines is 2. The summed E-state index contributed by atoms with van der Waals surface area (Å²) >= 11 is 1.27. The molecule has 1 heterocycles. The Hall–Kier alpha value is -3.66. The second kappa shape index (κ2) is 12.3. The van der Waals surface area contributed by atoms with Crippen LogP contribution in [-0.2, 0) is 14.3 Å². The van der Waals surface area contributed by atoms with Gasteiger partial charge in [-0.15, -0.1) is 0 Å². The minimum Gasteiger partial charge on any atom is -0.493 e. The summed E-state index contributed by atoms with van der Waals surface area (Å²) in [5, 5.41) is 6.76. The van der Waals surface area contributed by atoms with Gasteiger partial charge in [0.2, 0.25) is 11.7 Å². The fraction of sp³-hybridized carbons (Fsp3) is 0.346. The largest absolute Gasteiger partial charge is 0.493 e. The van der Waals surface area contributed by atoms with Gasteiger partial charge in [-0.3, -0.25) is 9.59 Å². The van der Waals surface area contributed by atoms with E-state index in [0.717, 1.165) is 22.5 Å². The van der Waals surface area contributed by atoms with Gasteiger partial charge >= 0.3 is 5.97 Å². The number of amides is 1. The summed E-state index contributed by atoms with van der Waals surface area (Å²) in [6.45, 7) is 6.10. The van der Waals surface area contributed by atoms with Crippen molar-refractivity contribution in [3.8, 4) is 17.2 Å². The molecule has 2 aromatic rings. The highest BCUT2D eigenvalue weighted by atomic mass is 32.2. The molecule has 0 aromatic heterocycles. The highest BCUT2D eigenvalue weighted by molar-refractivity contribution is 8.14. The lowest BCUT2D eigenvalue weighted by Crippen LogP contribution is -2.15. The third-order valence-electron chi connectivity index (χ3n) is 5.38. The Morgan fingerprint density at radius 1 is 1.00 bits per heavy atom. The summed E-state index contributed by atoms with van der Waals surface area (Å²) in [5.41, 5.74) is 4.89. The van der Waals surface area contributed by atoms with Crippen LogP contribution in [0.1, 0.15) is 24.5 Å². The normalized spacial score (nSPS) is 12.3. The second-order valence-corrected chi connectivity index (χ2v) is 8.93. The number of thioether (sulfide) groups is 1. The number of benzene rings is 2. The number of nitrogens with one attached hydrogen (secondary N) is 2. The van der Waals surface area contributed by atoms with Crippen LogP contribution in [0.2, 0.25) is 0 Å². The first-order valence-corrected chi connectivity index (χ1v) is 12.3. The smallest absolute Gasteiger partial charge is 0.311 e. The van der Waals surface area contributed by atoms with Gasteiger partial charge in [-0.25, -0.2) is 4.99 Å². The van der Waals surface area contributed by atoms with Gasteiger partial charge in [0.25, 0.3) is 0 Å². The maximum absolute atomic E-state index is 12.8. The van der Waals surface area contributed by atoms with Crippen LogP contribution in [-0.4, -0.2) is 50.6 Å². The number of aryl methyl sites for hydroxylation is 2. The van der Waals surface area contributed by atoms with Gasteiger partial charge in [-0.2, -0.15) is 0 Å². The molecular weight excluding hydrogens is 482 g/mol. The molecule has 0 atom stereocenters. The van der Waals surface area contributed by atoms with E-state index in [9.17, 15) is 9.59 Å². The van der Waals surface area contributed by atoms with Crippen molar-refractivity contribution in [2.45, 2.75) is 27.2 Å². The highest BCUT2D eigenvalue weighted by Gasteiger charge is 2.18. The SMILES string of the molecule is CCOC(=O)CC1=CC(SCC(=O)Nc2cc(OC)c(OC)c(OC)c2)=Nc2cc(C)c(C)cc2N1. The maximum atomic E-state index is 12.8. The van der Waals surface area contributed by atoms with Crippen LogP contribution in [0.25, 0.3) is 0 Å². The number of nitrogens with zero attached hydrogens (tertiary/aromatic N) is 1. The molecule has 1 aliphatic rings. The second-order valence-electron chi connectivity index (χ2n) is 7.93. The molecule has 36 heavy (non-hydrogen) atoms. The van der Waals surface area contributed by atoms with E-state index in [1.807, 2.05) is 26.0 Å². The molecule has 2 aromatic carbocycles. The van der Waals surface area contributed by atoms with Gasteiger partial charge in [-0.05, 0) is 50.1 Å². The molecule has 3 rings (SSSR count). The first-order chi connectivity index (χ1) is 17.3. The summed E-state index contributed by atoms with van der Waals surface area (Å²) in [6, 6.07) is 7.30. The Morgan fingerprint density at radius 3 is 2.28 bits per heavy atom. The van der Waals surface area contributed by atoms with Gasteiger partial charge in [0.05, 0.1) is 56.5 Å². The van der Waals surface area contributed by atoms with Crippen molar-refractivity contribution in [3.63, 3.8) is 0 Å². The van der Waals surface area contributed by atoms with Crippen LogP contribution in [0.5, 0.6) is 17.2 Å². The van der Waals surface area contributed by atoms with Crippen molar-refractivity contribution < 1.29 is 28.5 Å². The number of methoxy groups -OCH3 is 3. The van der Waals surface area contributed by atoms with E-state index >= 15 is 0 Å². The summed E-state index contributed by atoms with van der Waals surface area (Å²) < 4.78 is 21.1. The Morgan fingerprint density at radius 2 is 1.67 bits per heavy atom. The van der Waals surface area contributed by atoms with Crippen molar-refractivity contribution in [1.29, 1.82) is 0 Å². The fourth-order valence-electron chi connectivity index (χ4n) is 3.53. The van der Waals surface area contributed by atoms with E-state index in [0.29, 0.717) is 40.3 Å². The van der Waals surface area contributed by atoms with Crippen LogP contribution in [0.3, 0.4) is 0 Å². The van der Waals surface area contributed by atoms with Crippen LogP contribution < -0.4 is 24.8 Å². The molecule has 9 nitrogen and oxygen atoms in total. The number of ether oxygens (including phenoxy) is 4. The van der Waals surface area contributed by atoms with Gasteiger partial charge in [0.1, 0.15) is 0 Å². The summed E-state index contributed by atoms with van der Waals surface area (Å²) in [7, 11) is 4.54. The van der Waals surface area contributed by atoms with E-state index in [2.05, 4.69) is 10.6 Å². The molecule has 0 saturated heterocycles. The summed E-state index contributed by atoms with van der Waals surface area (Å²) in [5.74, 6) is 0.832. The standard InChI is InChI=1S/C26H31N3O6S/c1-7-35-25(31)13-18-12-24(29-20-9-16(3)15(2)8-19(20)27-18)36-14-23(30)28-17-10-21(32-4)26(34-6)22(11-17)33-5/h8-12,27H,7,13-14H2,1-6H3,(H,28,30). The molecular formula is C26H31N3O6S. The molecule has 1 amide bonds. The van der Waals surface area contributed by atoms with Crippen LogP contribution in [0.15, 0.2) is 41.0 Å². The molecule has 0 aliphatic carbocycles. The summed E-state index contributed by atoms with van der Waals surface area (Å²) in [6.07, 6.45) is 1.84. The first-order valence-electron chi connectivity index (χ1n) is 11.3. The number of aliphatic imine (C=N–C) groups is 1. The van der Waals surface area contributed by atoms with E-state index in [1.54, 1.807) is 25.1 Å². The van der Waals surface area contributed by atoms with E-state index in [1.165, 1.54) is 33.1 Å². The Kier molecular flexibility index (Phi) is 9.24. The minimum absolute atomic E-state index is 0.0669. The molecule has 0 spiro atoms. The van der Waals surface area contributed by atoms with Gasteiger partial charge in [0.15, 0.2) is 11.5 Å². The predicted octanol–water partition coefficient (Wildman–Crippen LogP) is 4.99. The zero-order chi connectivity index (χ0) is 26.2. The molecule has 0 radical (unpaired) electrons. The average Bonchev–Trinajstić information content (AvgIpc) is 3.00. The van der Waals surface area contributed by atoms with Gasteiger partial charge in [0, 0.05) is 23.5 Å². The number of hydrogen-bond donors (Lipinski definition) is 2. The Labute approximate surface area is 215 Å². The summed E-state index contributed by atoms with van der Waals surface area (Å²) in [4.78, 5) is 29.7. The van der Waals surface area contributed by atoms with Crippen molar-refractivity contribution in [1.82, 2.24) is 0 Å². The molecule has 2 N–H and O–H groups in total. The first kappa shape index (κ1) is 26.9. The van der Waals surface area contributed by atoms with Gasteiger partial charge < -0.3 is 29.6 Å². The molecule has 0 unspecified atom stereocenters. The number of carbonyl (C=O) groups excluding carboxylic acids is 2. The van der Waals surface area contributed by atoms with Gasteiger partial charge in [-0.1, -0.05) is 11.8 Å². The lowest BCUT2D eigenvalue weighted by molar-refractivity contribution is -0.142. The minimum atomic E-state index is -0.340. The molecule has 1 aliphatic heterocycles. The van der Waals surface area contributed by atoms with Crippen molar-refractivity contribution in [3.05, 3.63) is 47.2 Å². The zero-order valence-corrected chi connectivity index (χ0v) is 22.1. The van der Waals surface area contributed by atoms with E-state index < -0.39 is 0 Å². The lowest BCUT2D eigenvalue weighted by atomic mass is 10.1. The van der Waals surface area contributed by atoms with Crippen molar-refractivity contribution in [2.24, 2.45) is 4.99 Å². The van der Waals surface area contributed by atoms with E-state index in [-0.39, 0.29) is 24.1 Å². The predicted molar refractivity (Wildman–Crippen MR) is 143 cm³/mol. The maximum Gasteiger partial charge on any atom is 0.311 e. The number of fused-ring (bicyclic) bond motifs is 1. The van der Waals surface area contributed by atoms with E-state index in [4.69, 9.17) is 23.9 Å². The fourth-order valence-corrected chi connectivity index (χ4v) is 4.27. The number of esters is 1. The zero-order valence-electron chi connectivity index (χ0n) is 21.3. The van der Waals surface area contributed by atoms with Crippen LogP contribution in [0, 0.1) is 13.8 Å². The molecule has 192 valence electrons. The van der Waals surface area contributed by atoms with Crippen molar-refractivity contribution >= 4 is 45.7 Å². The molecule has 10 heteroatoms. The van der Waals surface area contributed by atoms with Crippen LogP contribution >= 0.6 is 11.8 Å². The Bertz CT molecular complexity index is 1180. The number of hydrogen-bond acceptors (Lipinski definition) is 9. The quantitative estimate of drug-likeness (QED) is 0.452. The third kappa shape index (κ3) is 6.72. The Balaban J connectivity index is 1.80. The lowest BCUT2D eigenvalue weighted by Gasteiger charge is -2.14. The van der Waals surface area contributed by atoms with Crippen LogP contribution in [0.4, 0.5) is 17.1 Å². The van der Waals surface area contributed by atoms with Crippen molar-refractivity contribution in [2.75, 3.05) is 44.3 Å². The molecule has 0 bridgehead atoms. The monoisotopic (exact) mass is 513 g/mol. The third-order valence-corrected chi connectivity index (χ3v) is 6.29.